The standard InChI is InChI=1S/C3H8N2.ClH/c4-2-1-3(2)5;/h2-3H,1,4-5H2;1H. The predicted octanol–water partition coefficient (Wildman–Crippen LogP) is -0.534. The third-order valence-corrected chi connectivity index (χ3v) is 0.891. The second-order valence-corrected chi connectivity index (χ2v) is 1.56. The number of halogens is 1. The molecule has 2 nitrogen and oxygen atoms in total. The van der Waals surface area contributed by atoms with Crippen molar-refractivity contribution in [1.82, 2.24) is 0 Å². The minimum atomic E-state index is 0. The second kappa shape index (κ2) is 1.78. The second-order valence-electron chi connectivity index (χ2n) is 1.56. The van der Waals surface area contributed by atoms with Crippen LogP contribution in [0.4, 0.5) is 0 Å². The Kier molecular flexibility index (Phi) is 1.84. The fraction of sp³-hybridized carbons (Fsp3) is 1.00. The third kappa shape index (κ3) is 1.12. The molecule has 0 aromatic carbocycles. The maximum Gasteiger partial charge on any atom is 0.0208 e. The normalized spacial score (nSPS) is 41.0. The number of hydrogen-bond donors (Lipinski definition) is 2. The summed E-state index contributed by atoms with van der Waals surface area (Å²) in [4.78, 5) is 0. The molecule has 3 heteroatoms. The van der Waals surface area contributed by atoms with Crippen LogP contribution in [0.25, 0.3) is 0 Å². The van der Waals surface area contributed by atoms with Gasteiger partial charge in [0, 0.05) is 12.1 Å². The van der Waals surface area contributed by atoms with Gasteiger partial charge in [0.2, 0.25) is 0 Å². The van der Waals surface area contributed by atoms with E-state index in [1.807, 2.05) is 0 Å². The van der Waals surface area contributed by atoms with Gasteiger partial charge in [-0.25, -0.2) is 0 Å². The number of nitrogens with two attached hydrogens (primary N) is 2. The highest BCUT2D eigenvalue weighted by atomic mass is 35.5. The van der Waals surface area contributed by atoms with E-state index in [-0.39, 0.29) is 12.4 Å². The van der Waals surface area contributed by atoms with E-state index in [9.17, 15) is 0 Å². The molecule has 0 amide bonds. The van der Waals surface area contributed by atoms with Gasteiger partial charge in [0.1, 0.15) is 0 Å². The largest absolute Gasteiger partial charge is 0.326 e. The van der Waals surface area contributed by atoms with Crippen molar-refractivity contribution in [3.05, 3.63) is 0 Å². The zero-order valence-corrected chi connectivity index (χ0v) is 4.24. The Morgan fingerprint density at radius 3 is 1.33 bits per heavy atom. The lowest BCUT2D eigenvalue weighted by molar-refractivity contribution is 0.962. The summed E-state index contributed by atoms with van der Waals surface area (Å²) in [7, 11) is 0. The van der Waals surface area contributed by atoms with Crippen LogP contribution in [-0.4, -0.2) is 12.1 Å². The summed E-state index contributed by atoms with van der Waals surface area (Å²) in [5.41, 5.74) is 10.5. The Balaban J connectivity index is 0.000000250. The molecule has 1 aliphatic carbocycles. The zero-order valence-electron chi connectivity index (χ0n) is 3.42. The Morgan fingerprint density at radius 1 is 1.17 bits per heavy atom. The first-order chi connectivity index (χ1) is 2.30. The average Bonchev–Trinajstić information content (AvgIpc) is 1.79. The van der Waals surface area contributed by atoms with Gasteiger partial charge >= 0.3 is 0 Å². The molecule has 2 unspecified atom stereocenters. The minimum absolute atomic E-state index is 0. The van der Waals surface area contributed by atoms with E-state index in [0.29, 0.717) is 12.1 Å². The fourth-order valence-electron chi connectivity index (χ4n) is 0.236. The first-order valence-corrected chi connectivity index (χ1v) is 1.82. The molecule has 0 radical (unpaired) electrons. The number of hydrogen-bond acceptors (Lipinski definition) is 2. The SMILES string of the molecule is Cl.NC1CC1N. The molecular weight excluding hydrogens is 99.5 g/mol. The molecule has 0 spiro atoms. The lowest BCUT2D eigenvalue weighted by Crippen LogP contribution is -2.12. The van der Waals surface area contributed by atoms with Crippen LogP contribution in [0, 0.1) is 0 Å². The molecule has 1 fully saturated rings. The summed E-state index contributed by atoms with van der Waals surface area (Å²) in [6.45, 7) is 0. The Hall–Kier alpha value is 0.210. The van der Waals surface area contributed by atoms with E-state index in [0.717, 1.165) is 6.42 Å². The van der Waals surface area contributed by atoms with E-state index < -0.39 is 0 Å². The minimum Gasteiger partial charge on any atom is -0.326 e. The van der Waals surface area contributed by atoms with Gasteiger partial charge in [-0.15, -0.1) is 12.4 Å². The summed E-state index contributed by atoms with van der Waals surface area (Å²) >= 11 is 0. The zero-order chi connectivity index (χ0) is 3.86. The highest BCUT2D eigenvalue weighted by Crippen LogP contribution is 2.12. The maximum atomic E-state index is 5.24. The summed E-state index contributed by atoms with van der Waals surface area (Å²) in [6.07, 6.45) is 1.03. The molecule has 0 aromatic heterocycles. The lowest BCUT2D eigenvalue weighted by atomic mass is 10.7. The van der Waals surface area contributed by atoms with Crippen LogP contribution < -0.4 is 11.5 Å². The molecule has 0 heterocycles. The van der Waals surface area contributed by atoms with Gasteiger partial charge in [0.05, 0.1) is 0 Å². The van der Waals surface area contributed by atoms with Crippen molar-refractivity contribution >= 4 is 12.4 Å². The monoisotopic (exact) mass is 108 g/mol. The topological polar surface area (TPSA) is 52.0 Å². The molecule has 38 valence electrons. The van der Waals surface area contributed by atoms with Crippen LogP contribution in [0.1, 0.15) is 6.42 Å². The van der Waals surface area contributed by atoms with E-state index in [4.69, 9.17) is 11.5 Å². The molecular formula is C3H9ClN2. The van der Waals surface area contributed by atoms with Gasteiger partial charge < -0.3 is 11.5 Å². The van der Waals surface area contributed by atoms with Gasteiger partial charge in [-0.05, 0) is 6.42 Å². The summed E-state index contributed by atoms with van der Waals surface area (Å²) in [5, 5.41) is 0. The Bertz CT molecular complexity index is 42.1. The van der Waals surface area contributed by atoms with Crippen molar-refractivity contribution in [2.45, 2.75) is 18.5 Å². The first-order valence-electron chi connectivity index (χ1n) is 1.82. The van der Waals surface area contributed by atoms with Crippen LogP contribution in [-0.2, 0) is 0 Å². The van der Waals surface area contributed by atoms with Crippen molar-refractivity contribution in [2.75, 3.05) is 0 Å². The Labute approximate surface area is 43.3 Å². The smallest absolute Gasteiger partial charge is 0.0208 e. The third-order valence-electron chi connectivity index (χ3n) is 0.891. The van der Waals surface area contributed by atoms with E-state index in [1.54, 1.807) is 0 Å². The van der Waals surface area contributed by atoms with Gasteiger partial charge in [0.25, 0.3) is 0 Å². The van der Waals surface area contributed by atoms with Crippen LogP contribution in [0.15, 0.2) is 0 Å². The molecule has 0 saturated heterocycles. The van der Waals surface area contributed by atoms with Gasteiger partial charge in [-0.2, -0.15) is 0 Å². The molecule has 0 bridgehead atoms. The highest BCUT2D eigenvalue weighted by molar-refractivity contribution is 5.85. The van der Waals surface area contributed by atoms with Crippen molar-refractivity contribution in [2.24, 2.45) is 11.5 Å². The van der Waals surface area contributed by atoms with Crippen LogP contribution in [0.2, 0.25) is 0 Å². The number of rotatable bonds is 0. The highest BCUT2D eigenvalue weighted by Gasteiger charge is 2.28. The van der Waals surface area contributed by atoms with Crippen LogP contribution in [0.5, 0.6) is 0 Å². The van der Waals surface area contributed by atoms with Crippen LogP contribution >= 0.6 is 12.4 Å². The van der Waals surface area contributed by atoms with Crippen molar-refractivity contribution in [1.29, 1.82) is 0 Å². The summed E-state index contributed by atoms with van der Waals surface area (Å²) < 4.78 is 0. The first kappa shape index (κ1) is 6.21. The van der Waals surface area contributed by atoms with Gasteiger partial charge in [-0.3, -0.25) is 0 Å². The van der Waals surface area contributed by atoms with Crippen molar-refractivity contribution in [3.63, 3.8) is 0 Å². The quantitative estimate of drug-likeness (QED) is 0.438. The predicted molar refractivity (Wildman–Crippen MR) is 27.8 cm³/mol. The lowest BCUT2D eigenvalue weighted by Gasteiger charge is -1.70. The van der Waals surface area contributed by atoms with E-state index >= 15 is 0 Å². The van der Waals surface area contributed by atoms with E-state index in [1.165, 1.54) is 0 Å². The van der Waals surface area contributed by atoms with E-state index in [2.05, 4.69) is 0 Å². The van der Waals surface area contributed by atoms with Crippen molar-refractivity contribution in [3.8, 4) is 0 Å². The molecule has 6 heavy (non-hydrogen) atoms. The molecule has 2 atom stereocenters. The van der Waals surface area contributed by atoms with Gasteiger partial charge in [0.15, 0.2) is 0 Å². The average molecular weight is 109 g/mol. The maximum absolute atomic E-state index is 5.24. The van der Waals surface area contributed by atoms with Crippen molar-refractivity contribution < 1.29 is 0 Å². The molecule has 1 aliphatic rings. The molecule has 4 N–H and O–H groups in total. The van der Waals surface area contributed by atoms with Gasteiger partial charge in [-0.1, -0.05) is 0 Å². The summed E-state index contributed by atoms with van der Waals surface area (Å²) in [6, 6.07) is 0.657. The summed E-state index contributed by atoms with van der Waals surface area (Å²) in [5.74, 6) is 0. The molecule has 1 rings (SSSR count). The molecule has 1 saturated carbocycles. The Morgan fingerprint density at radius 2 is 1.33 bits per heavy atom. The molecule has 0 aromatic rings. The molecule has 0 aliphatic heterocycles. The fourth-order valence-corrected chi connectivity index (χ4v) is 0.236. The van der Waals surface area contributed by atoms with Crippen LogP contribution in [0.3, 0.4) is 0 Å².